The van der Waals surface area contributed by atoms with E-state index in [2.05, 4.69) is 22.2 Å². The van der Waals surface area contributed by atoms with Crippen molar-refractivity contribution in [1.29, 1.82) is 0 Å². The van der Waals surface area contributed by atoms with Crippen molar-refractivity contribution < 1.29 is 32.6 Å². The van der Waals surface area contributed by atoms with Crippen molar-refractivity contribution in [3.8, 4) is 22.1 Å². The Morgan fingerprint density at radius 2 is 1.86 bits per heavy atom. The summed E-state index contributed by atoms with van der Waals surface area (Å²) in [7, 11) is 0. The van der Waals surface area contributed by atoms with Gasteiger partial charge in [0.2, 0.25) is 5.91 Å². The Bertz CT molecular complexity index is 1650. The van der Waals surface area contributed by atoms with E-state index in [0.717, 1.165) is 52.6 Å². The van der Waals surface area contributed by atoms with Gasteiger partial charge in [-0.2, -0.15) is 18.3 Å². The van der Waals surface area contributed by atoms with E-state index in [0.29, 0.717) is 28.9 Å². The number of rotatable bonds is 8. The van der Waals surface area contributed by atoms with Gasteiger partial charge in [0.25, 0.3) is 0 Å². The number of benzene rings is 1. The molecule has 12 heteroatoms. The highest BCUT2D eigenvalue weighted by Gasteiger charge is 2.41. The number of aromatic carboxylic acids is 1. The molecule has 5 rings (SSSR count). The fourth-order valence-electron chi connectivity index (χ4n) is 5.44. The first-order chi connectivity index (χ1) is 20.5. The molecule has 3 aromatic heterocycles. The van der Waals surface area contributed by atoms with Crippen LogP contribution in [0.5, 0.6) is 5.75 Å². The van der Waals surface area contributed by atoms with E-state index in [4.69, 9.17) is 4.74 Å². The molecule has 0 atom stereocenters. The quantitative estimate of drug-likeness (QED) is 0.230. The van der Waals surface area contributed by atoms with Crippen molar-refractivity contribution in [2.24, 2.45) is 0 Å². The molecule has 226 valence electrons. The van der Waals surface area contributed by atoms with Crippen LogP contribution in [0, 0.1) is 13.8 Å². The molecule has 4 aromatic rings. The third-order valence-electron chi connectivity index (χ3n) is 7.59. The van der Waals surface area contributed by atoms with E-state index < -0.39 is 23.4 Å². The minimum Gasteiger partial charge on any atom is -0.489 e. The third kappa shape index (κ3) is 6.43. The number of amides is 1. The first-order valence-electron chi connectivity index (χ1n) is 13.9. The minimum atomic E-state index is -4.95. The fourth-order valence-corrected chi connectivity index (χ4v) is 6.43. The summed E-state index contributed by atoms with van der Waals surface area (Å²) in [5.41, 5.74) is 1.13. The first kappa shape index (κ1) is 30.3. The van der Waals surface area contributed by atoms with Crippen molar-refractivity contribution in [2.75, 3.05) is 13.1 Å². The lowest BCUT2D eigenvalue weighted by atomic mass is 9.88. The second kappa shape index (κ2) is 12.2. The number of ether oxygens (including phenoxy) is 1. The minimum absolute atomic E-state index is 0.147. The normalized spacial score (nSPS) is 14.2. The number of aryl methyl sites for hydroxylation is 2. The van der Waals surface area contributed by atoms with E-state index in [1.54, 1.807) is 12.1 Å². The smallest absolute Gasteiger partial charge is 0.434 e. The topological polar surface area (TPSA) is 97.6 Å². The van der Waals surface area contributed by atoms with Crippen molar-refractivity contribution in [1.82, 2.24) is 19.7 Å². The van der Waals surface area contributed by atoms with Crippen LogP contribution < -0.4 is 4.74 Å². The number of hydrogen-bond acceptors (Lipinski definition) is 6. The van der Waals surface area contributed by atoms with Crippen molar-refractivity contribution in [3.63, 3.8) is 0 Å². The van der Waals surface area contributed by atoms with Crippen LogP contribution in [0.25, 0.3) is 16.4 Å². The van der Waals surface area contributed by atoms with E-state index in [-0.39, 0.29) is 18.3 Å². The molecule has 1 amide bonds. The summed E-state index contributed by atoms with van der Waals surface area (Å²) in [5.74, 6) is -0.557. The summed E-state index contributed by atoms with van der Waals surface area (Å²) in [5, 5.41) is 12.9. The van der Waals surface area contributed by atoms with Gasteiger partial charge in [-0.15, -0.1) is 11.3 Å². The van der Waals surface area contributed by atoms with Gasteiger partial charge in [-0.05, 0) is 68.0 Å². The van der Waals surface area contributed by atoms with Crippen LogP contribution in [0.15, 0.2) is 48.7 Å². The van der Waals surface area contributed by atoms with Gasteiger partial charge in [0, 0.05) is 30.0 Å². The monoisotopic (exact) mass is 612 g/mol. The maximum absolute atomic E-state index is 13.8. The second-order valence-corrected chi connectivity index (χ2v) is 11.8. The molecule has 1 saturated heterocycles. The zero-order valence-corrected chi connectivity index (χ0v) is 24.8. The lowest BCUT2D eigenvalue weighted by Crippen LogP contribution is -2.37. The SMILES string of the molecule is CCC(=O)N1CCC(c2ccc(OCc3cc(C)sc3-c3cccc(-n4ncc(C(=O)O)c4C(F)(F)F)n3)c(C)c2)CC1. The Kier molecular flexibility index (Phi) is 8.59. The van der Waals surface area contributed by atoms with Crippen molar-refractivity contribution in [3.05, 3.63) is 81.5 Å². The van der Waals surface area contributed by atoms with Gasteiger partial charge in [-0.25, -0.2) is 14.5 Å². The Labute approximate surface area is 250 Å². The predicted molar refractivity (Wildman–Crippen MR) is 156 cm³/mol. The number of piperidine rings is 1. The maximum Gasteiger partial charge on any atom is 0.434 e. The number of carbonyl (C=O) groups excluding carboxylic acids is 1. The zero-order valence-electron chi connectivity index (χ0n) is 23.9. The predicted octanol–water partition coefficient (Wildman–Crippen LogP) is 7.02. The Hall–Kier alpha value is -4.19. The number of carboxylic acids is 1. The molecule has 43 heavy (non-hydrogen) atoms. The molecule has 0 radical (unpaired) electrons. The van der Waals surface area contributed by atoms with Crippen LogP contribution in [0.3, 0.4) is 0 Å². The van der Waals surface area contributed by atoms with Crippen LogP contribution in [0.4, 0.5) is 13.2 Å². The number of alkyl halides is 3. The van der Waals surface area contributed by atoms with Gasteiger partial charge in [0.1, 0.15) is 17.9 Å². The van der Waals surface area contributed by atoms with E-state index in [1.807, 2.05) is 37.8 Å². The number of hydrogen-bond donors (Lipinski definition) is 1. The van der Waals surface area contributed by atoms with Crippen LogP contribution in [-0.4, -0.2) is 49.7 Å². The second-order valence-electron chi connectivity index (χ2n) is 10.5. The number of nitrogens with zero attached hydrogens (tertiary/aromatic N) is 4. The van der Waals surface area contributed by atoms with Gasteiger partial charge in [-0.1, -0.05) is 25.1 Å². The Morgan fingerprint density at radius 1 is 1.12 bits per heavy atom. The molecule has 4 heterocycles. The summed E-state index contributed by atoms with van der Waals surface area (Å²) in [4.78, 5) is 31.5. The van der Waals surface area contributed by atoms with Gasteiger partial charge in [0.15, 0.2) is 11.5 Å². The largest absolute Gasteiger partial charge is 0.489 e. The summed E-state index contributed by atoms with van der Waals surface area (Å²) in [6.45, 7) is 7.56. The van der Waals surface area contributed by atoms with Crippen LogP contribution >= 0.6 is 11.3 Å². The summed E-state index contributed by atoms with van der Waals surface area (Å²) in [6, 6.07) is 12.7. The number of carbonyl (C=O) groups is 2. The Morgan fingerprint density at radius 3 is 2.51 bits per heavy atom. The summed E-state index contributed by atoms with van der Waals surface area (Å²) < 4.78 is 48.1. The molecular weight excluding hydrogens is 581 g/mol. The van der Waals surface area contributed by atoms with E-state index in [9.17, 15) is 27.9 Å². The van der Waals surface area contributed by atoms with Crippen molar-refractivity contribution in [2.45, 2.75) is 58.7 Å². The number of pyridine rings is 1. The van der Waals surface area contributed by atoms with Gasteiger partial charge >= 0.3 is 12.1 Å². The maximum atomic E-state index is 13.8. The molecule has 1 fully saturated rings. The first-order valence-corrected chi connectivity index (χ1v) is 14.7. The standard InChI is InChI=1S/C31H31F3N4O4S/c1-4-27(39)37-12-10-20(11-13-37)21-8-9-25(18(2)14-21)42-17-22-15-19(3)43-28(22)24-6-5-7-26(36-24)38-29(31(32,33)34)23(16-35-38)30(40)41/h5-9,14-16,20H,4,10-13,17H2,1-3H3,(H,40,41). The molecule has 1 N–H and O–H groups in total. The van der Waals surface area contributed by atoms with Crippen LogP contribution in [0.2, 0.25) is 0 Å². The molecule has 0 unspecified atom stereocenters. The van der Waals surface area contributed by atoms with E-state index >= 15 is 0 Å². The molecule has 1 aliphatic heterocycles. The van der Waals surface area contributed by atoms with Gasteiger partial charge < -0.3 is 14.7 Å². The highest BCUT2D eigenvalue weighted by atomic mass is 32.1. The van der Waals surface area contributed by atoms with E-state index in [1.165, 1.54) is 23.0 Å². The molecule has 0 bridgehead atoms. The fraction of sp³-hybridized carbons (Fsp3) is 0.355. The summed E-state index contributed by atoms with van der Waals surface area (Å²) in [6.07, 6.45) is -1.89. The summed E-state index contributed by atoms with van der Waals surface area (Å²) >= 11 is 1.44. The molecule has 0 aliphatic carbocycles. The average Bonchev–Trinajstić information content (AvgIpc) is 3.61. The van der Waals surface area contributed by atoms with Gasteiger partial charge in [0.05, 0.1) is 16.8 Å². The number of thiophene rings is 1. The number of aromatic nitrogens is 3. The lowest BCUT2D eigenvalue weighted by molar-refractivity contribution is -0.143. The highest BCUT2D eigenvalue weighted by molar-refractivity contribution is 7.15. The lowest BCUT2D eigenvalue weighted by Gasteiger charge is -2.32. The number of halogens is 3. The third-order valence-corrected chi connectivity index (χ3v) is 8.70. The highest BCUT2D eigenvalue weighted by Crippen LogP contribution is 2.36. The Balaban J connectivity index is 1.34. The molecule has 1 aliphatic rings. The molecule has 8 nitrogen and oxygen atoms in total. The number of carboxylic acid groups (broad SMARTS) is 1. The molecule has 0 saturated carbocycles. The van der Waals surface area contributed by atoms with Gasteiger partial charge in [-0.3, -0.25) is 4.79 Å². The van der Waals surface area contributed by atoms with Crippen molar-refractivity contribution >= 4 is 23.2 Å². The molecule has 1 aromatic carbocycles. The zero-order chi connectivity index (χ0) is 30.9. The average molecular weight is 613 g/mol. The molecular formula is C31H31F3N4O4S. The van der Waals surface area contributed by atoms with Crippen LogP contribution in [0.1, 0.15) is 69.7 Å². The number of likely N-dealkylation sites (tertiary alicyclic amines) is 1. The van der Waals surface area contributed by atoms with Crippen LogP contribution in [-0.2, 0) is 17.6 Å². The molecule has 0 spiro atoms.